The lowest BCUT2D eigenvalue weighted by Gasteiger charge is -2.19. The molecule has 0 aromatic carbocycles. The van der Waals surface area contributed by atoms with Crippen molar-refractivity contribution in [3.8, 4) is 0 Å². The second kappa shape index (κ2) is 4.23. The number of rotatable bonds is 3. The SMILES string of the molecule is CC(C)(C)NCC(=O)Nc1cn[nH]c1. The number of aromatic nitrogens is 2. The standard InChI is InChI=1S/C9H16N4O/c1-9(2,3)10-6-8(14)13-7-4-11-12-5-7/h4-5,10H,6H2,1-3H3,(H,11,12)(H,13,14). The van der Waals surface area contributed by atoms with E-state index in [4.69, 9.17) is 0 Å². The van der Waals surface area contributed by atoms with E-state index in [1.165, 1.54) is 0 Å². The van der Waals surface area contributed by atoms with Crippen LogP contribution in [0.2, 0.25) is 0 Å². The van der Waals surface area contributed by atoms with Crippen molar-refractivity contribution >= 4 is 11.6 Å². The molecule has 0 spiro atoms. The lowest BCUT2D eigenvalue weighted by atomic mass is 10.1. The van der Waals surface area contributed by atoms with Crippen LogP contribution >= 0.6 is 0 Å². The van der Waals surface area contributed by atoms with Gasteiger partial charge in [-0.05, 0) is 20.8 Å². The van der Waals surface area contributed by atoms with Crippen molar-refractivity contribution < 1.29 is 4.79 Å². The summed E-state index contributed by atoms with van der Waals surface area (Å²) in [5, 5.41) is 12.1. The average molecular weight is 196 g/mol. The van der Waals surface area contributed by atoms with Gasteiger partial charge >= 0.3 is 0 Å². The van der Waals surface area contributed by atoms with Crippen molar-refractivity contribution in [1.82, 2.24) is 15.5 Å². The van der Waals surface area contributed by atoms with Crippen LogP contribution in [-0.2, 0) is 4.79 Å². The Morgan fingerprint density at radius 3 is 2.79 bits per heavy atom. The van der Waals surface area contributed by atoms with Crippen LogP contribution in [0.5, 0.6) is 0 Å². The zero-order chi connectivity index (χ0) is 10.6. The molecule has 78 valence electrons. The topological polar surface area (TPSA) is 69.8 Å². The van der Waals surface area contributed by atoms with Crippen molar-refractivity contribution in [3.63, 3.8) is 0 Å². The summed E-state index contributed by atoms with van der Waals surface area (Å²) in [5.41, 5.74) is 0.638. The first-order valence-electron chi connectivity index (χ1n) is 4.51. The van der Waals surface area contributed by atoms with Gasteiger partial charge < -0.3 is 10.6 Å². The van der Waals surface area contributed by atoms with Crippen LogP contribution in [0.15, 0.2) is 12.4 Å². The molecule has 1 aromatic rings. The van der Waals surface area contributed by atoms with Gasteiger partial charge in [-0.1, -0.05) is 0 Å². The molecule has 0 atom stereocenters. The fourth-order valence-electron chi connectivity index (χ4n) is 0.870. The summed E-state index contributed by atoms with van der Waals surface area (Å²) in [6.45, 7) is 6.34. The molecule has 0 aliphatic rings. The van der Waals surface area contributed by atoms with Gasteiger partial charge in [0, 0.05) is 11.7 Å². The van der Waals surface area contributed by atoms with E-state index in [-0.39, 0.29) is 11.4 Å². The number of hydrogen-bond donors (Lipinski definition) is 3. The minimum absolute atomic E-state index is 0.0479. The number of aromatic amines is 1. The highest BCUT2D eigenvalue weighted by Crippen LogP contribution is 2.01. The van der Waals surface area contributed by atoms with Crippen LogP contribution in [0.1, 0.15) is 20.8 Å². The summed E-state index contributed by atoms with van der Waals surface area (Å²) >= 11 is 0. The Kier molecular flexibility index (Phi) is 3.24. The normalized spacial score (nSPS) is 11.4. The summed E-state index contributed by atoms with van der Waals surface area (Å²) in [7, 11) is 0. The average Bonchev–Trinajstić information content (AvgIpc) is 2.52. The predicted molar refractivity (Wildman–Crippen MR) is 55.0 cm³/mol. The molecule has 0 saturated carbocycles. The zero-order valence-corrected chi connectivity index (χ0v) is 8.72. The summed E-state index contributed by atoms with van der Waals surface area (Å²) < 4.78 is 0. The molecular weight excluding hydrogens is 180 g/mol. The molecule has 0 unspecified atom stereocenters. The van der Waals surface area contributed by atoms with Crippen LogP contribution in [-0.4, -0.2) is 28.2 Å². The second-order valence-electron chi connectivity index (χ2n) is 4.14. The largest absolute Gasteiger partial charge is 0.322 e. The smallest absolute Gasteiger partial charge is 0.238 e. The Balaban J connectivity index is 2.30. The zero-order valence-electron chi connectivity index (χ0n) is 8.72. The van der Waals surface area contributed by atoms with Gasteiger partial charge in [-0.25, -0.2) is 0 Å². The first-order chi connectivity index (χ1) is 6.47. The number of anilines is 1. The van der Waals surface area contributed by atoms with Crippen LogP contribution < -0.4 is 10.6 Å². The Labute approximate surface area is 83.3 Å². The van der Waals surface area contributed by atoms with Crippen LogP contribution in [0.3, 0.4) is 0 Å². The first-order valence-corrected chi connectivity index (χ1v) is 4.51. The van der Waals surface area contributed by atoms with Crippen molar-refractivity contribution in [2.75, 3.05) is 11.9 Å². The van der Waals surface area contributed by atoms with E-state index in [0.29, 0.717) is 12.2 Å². The van der Waals surface area contributed by atoms with Gasteiger partial charge in [0.15, 0.2) is 0 Å². The maximum Gasteiger partial charge on any atom is 0.238 e. The fraction of sp³-hybridized carbons (Fsp3) is 0.556. The van der Waals surface area contributed by atoms with E-state index in [2.05, 4.69) is 20.8 Å². The lowest BCUT2D eigenvalue weighted by Crippen LogP contribution is -2.41. The first kappa shape index (κ1) is 10.7. The van der Waals surface area contributed by atoms with E-state index in [1.807, 2.05) is 20.8 Å². The second-order valence-corrected chi connectivity index (χ2v) is 4.14. The van der Waals surface area contributed by atoms with Gasteiger partial charge in [0.2, 0.25) is 5.91 Å². The molecule has 5 nitrogen and oxygen atoms in total. The van der Waals surface area contributed by atoms with Gasteiger partial charge in [-0.2, -0.15) is 5.10 Å². The molecule has 1 rings (SSSR count). The maximum atomic E-state index is 11.3. The van der Waals surface area contributed by atoms with E-state index >= 15 is 0 Å². The number of nitrogens with one attached hydrogen (secondary N) is 3. The maximum absolute atomic E-state index is 11.3. The molecular formula is C9H16N4O. The van der Waals surface area contributed by atoms with E-state index in [0.717, 1.165) is 0 Å². The molecule has 0 saturated heterocycles. The van der Waals surface area contributed by atoms with Gasteiger partial charge in [-0.3, -0.25) is 9.89 Å². The molecule has 1 aromatic heterocycles. The van der Waals surface area contributed by atoms with Crippen LogP contribution in [0.4, 0.5) is 5.69 Å². The fourth-order valence-corrected chi connectivity index (χ4v) is 0.870. The number of carbonyl (C=O) groups is 1. The monoisotopic (exact) mass is 196 g/mol. The summed E-state index contributed by atoms with van der Waals surface area (Å²) in [6.07, 6.45) is 3.20. The van der Waals surface area contributed by atoms with Gasteiger partial charge in [0.25, 0.3) is 0 Å². The van der Waals surface area contributed by atoms with Crippen LogP contribution in [0.25, 0.3) is 0 Å². The lowest BCUT2D eigenvalue weighted by molar-refractivity contribution is -0.115. The number of carbonyl (C=O) groups excluding carboxylic acids is 1. The molecule has 5 heteroatoms. The summed E-state index contributed by atoms with van der Waals surface area (Å²) in [6, 6.07) is 0. The van der Waals surface area contributed by atoms with Crippen molar-refractivity contribution in [2.45, 2.75) is 26.3 Å². The molecule has 1 heterocycles. The third-order valence-corrected chi connectivity index (χ3v) is 1.56. The molecule has 0 bridgehead atoms. The van der Waals surface area contributed by atoms with Crippen molar-refractivity contribution in [1.29, 1.82) is 0 Å². The predicted octanol–water partition coefficient (Wildman–Crippen LogP) is 0.736. The van der Waals surface area contributed by atoms with Crippen molar-refractivity contribution in [3.05, 3.63) is 12.4 Å². The highest BCUT2D eigenvalue weighted by atomic mass is 16.1. The highest BCUT2D eigenvalue weighted by Gasteiger charge is 2.11. The van der Waals surface area contributed by atoms with Crippen LogP contribution in [0, 0.1) is 0 Å². The molecule has 14 heavy (non-hydrogen) atoms. The molecule has 1 amide bonds. The van der Waals surface area contributed by atoms with E-state index in [1.54, 1.807) is 12.4 Å². The quantitative estimate of drug-likeness (QED) is 0.667. The van der Waals surface area contributed by atoms with Crippen molar-refractivity contribution in [2.24, 2.45) is 0 Å². The minimum atomic E-state index is -0.0682. The Hall–Kier alpha value is -1.36. The Bertz CT molecular complexity index is 286. The van der Waals surface area contributed by atoms with E-state index in [9.17, 15) is 4.79 Å². The summed E-state index contributed by atoms with van der Waals surface area (Å²) in [4.78, 5) is 11.3. The third-order valence-electron chi connectivity index (χ3n) is 1.56. The molecule has 3 N–H and O–H groups in total. The Morgan fingerprint density at radius 2 is 2.29 bits per heavy atom. The molecule has 0 radical (unpaired) electrons. The highest BCUT2D eigenvalue weighted by molar-refractivity contribution is 5.91. The third kappa shape index (κ3) is 4.04. The number of amides is 1. The van der Waals surface area contributed by atoms with Gasteiger partial charge in [0.05, 0.1) is 18.4 Å². The minimum Gasteiger partial charge on any atom is -0.322 e. The number of H-pyrrole nitrogens is 1. The van der Waals surface area contributed by atoms with Gasteiger partial charge in [0.1, 0.15) is 0 Å². The Morgan fingerprint density at radius 1 is 1.57 bits per heavy atom. The molecule has 0 fully saturated rings. The number of nitrogens with zero attached hydrogens (tertiary/aromatic N) is 1. The molecule has 0 aliphatic carbocycles. The van der Waals surface area contributed by atoms with Gasteiger partial charge in [-0.15, -0.1) is 0 Å². The molecule has 0 aliphatic heterocycles. The van der Waals surface area contributed by atoms with E-state index < -0.39 is 0 Å². The summed E-state index contributed by atoms with van der Waals surface area (Å²) in [5.74, 6) is -0.0682. The number of hydrogen-bond acceptors (Lipinski definition) is 3.